The minimum atomic E-state index is 0.629. The van der Waals surface area contributed by atoms with E-state index in [4.69, 9.17) is 0 Å². The SMILES string of the molecule is CCCCN1C2CCCCC2C2NC3CCCCC3NC21. The van der Waals surface area contributed by atoms with Gasteiger partial charge in [0.15, 0.2) is 0 Å². The Hall–Kier alpha value is -0.120. The Labute approximate surface area is 130 Å². The van der Waals surface area contributed by atoms with Gasteiger partial charge in [-0.15, -0.1) is 0 Å². The lowest BCUT2D eigenvalue weighted by Crippen LogP contribution is -2.68. The highest BCUT2D eigenvalue weighted by molar-refractivity contribution is 5.10. The molecule has 0 aromatic rings. The molecule has 4 aliphatic rings. The van der Waals surface area contributed by atoms with Crippen LogP contribution >= 0.6 is 0 Å². The Morgan fingerprint density at radius 1 is 0.905 bits per heavy atom. The first-order valence-corrected chi connectivity index (χ1v) is 9.66. The second-order valence-electron chi connectivity index (χ2n) is 7.91. The molecule has 0 aromatic carbocycles. The quantitative estimate of drug-likeness (QED) is 0.837. The van der Waals surface area contributed by atoms with Crippen molar-refractivity contribution in [3.8, 4) is 0 Å². The van der Waals surface area contributed by atoms with Crippen LogP contribution in [0.2, 0.25) is 0 Å². The van der Waals surface area contributed by atoms with Gasteiger partial charge in [-0.2, -0.15) is 0 Å². The maximum atomic E-state index is 4.12. The molecule has 0 spiro atoms. The maximum Gasteiger partial charge on any atom is 0.0764 e. The van der Waals surface area contributed by atoms with Gasteiger partial charge >= 0.3 is 0 Å². The molecule has 0 bridgehead atoms. The molecule has 2 saturated heterocycles. The van der Waals surface area contributed by atoms with Gasteiger partial charge in [0.05, 0.1) is 6.17 Å². The van der Waals surface area contributed by atoms with E-state index >= 15 is 0 Å². The van der Waals surface area contributed by atoms with Crippen LogP contribution in [0.3, 0.4) is 0 Å². The summed E-state index contributed by atoms with van der Waals surface area (Å²) in [5, 5.41) is 8.21. The highest BCUT2D eigenvalue weighted by atomic mass is 15.4. The van der Waals surface area contributed by atoms with Crippen molar-refractivity contribution in [3.05, 3.63) is 0 Å². The Morgan fingerprint density at radius 2 is 1.62 bits per heavy atom. The summed E-state index contributed by atoms with van der Waals surface area (Å²) in [6.07, 6.45) is 14.8. The van der Waals surface area contributed by atoms with E-state index < -0.39 is 0 Å². The Kier molecular flexibility index (Phi) is 4.25. The van der Waals surface area contributed by atoms with Crippen LogP contribution in [0.1, 0.15) is 71.1 Å². The fourth-order valence-corrected chi connectivity index (χ4v) is 5.67. The van der Waals surface area contributed by atoms with Gasteiger partial charge in [-0.1, -0.05) is 39.0 Å². The number of hydrogen-bond acceptors (Lipinski definition) is 3. The van der Waals surface area contributed by atoms with Crippen LogP contribution in [-0.4, -0.2) is 41.8 Å². The molecule has 6 atom stereocenters. The molecule has 0 amide bonds. The van der Waals surface area contributed by atoms with Gasteiger partial charge in [0.2, 0.25) is 0 Å². The lowest BCUT2D eigenvalue weighted by molar-refractivity contribution is 0.0882. The third-order valence-electron chi connectivity index (χ3n) is 6.69. The molecule has 2 aliphatic carbocycles. The Bertz CT molecular complexity index is 344. The summed E-state index contributed by atoms with van der Waals surface area (Å²) in [7, 11) is 0. The number of piperazine rings is 1. The largest absolute Gasteiger partial charge is 0.307 e. The third kappa shape index (κ3) is 2.55. The molecule has 21 heavy (non-hydrogen) atoms. The van der Waals surface area contributed by atoms with Crippen LogP contribution in [0.5, 0.6) is 0 Å². The van der Waals surface area contributed by atoms with Crippen molar-refractivity contribution in [2.75, 3.05) is 6.54 Å². The molecule has 4 fully saturated rings. The van der Waals surface area contributed by atoms with Gasteiger partial charge in [-0.25, -0.2) is 0 Å². The summed E-state index contributed by atoms with van der Waals surface area (Å²) in [4.78, 5) is 2.87. The molecule has 3 heteroatoms. The van der Waals surface area contributed by atoms with Crippen LogP contribution in [0.15, 0.2) is 0 Å². The molecule has 4 rings (SSSR count). The minimum Gasteiger partial charge on any atom is -0.307 e. The highest BCUT2D eigenvalue weighted by Crippen LogP contribution is 2.42. The number of fused-ring (bicyclic) bond motifs is 4. The molecule has 2 heterocycles. The van der Waals surface area contributed by atoms with E-state index in [0.717, 1.165) is 30.1 Å². The molecule has 3 nitrogen and oxygen atoms in total. The summed E-state index contributed by atoms with van der Waals surface area (Å²) in [6.45, 7) is 3.64. The Balaban J connectivity index is 1.54. The number of nitrogens with one attached hydrogen (secondary N) is 2. The van der Waals surface area contributed by atoms with Crippen LogP contribution in [0, 0.1) is 5.92 Å². The number of nitrogens with zero attached hydrogens (tertiary/aromatic N) is 1. The van der Waals surface area contributed by atoms with Gasteiger partial charge in [-0.3, -0.25) is 10.2 Å². The first-order valence-electron chi connectivity index (χ1n) is 9.66. The average molecular weight is 291 g/mol. The van der Waals surface area contributed by atoms with Crippen molar-refractivity contribution >= 4 is 0 Å². The lowest BCUT2D eigenvalue weighted by atomic mass is 9.80. The Morgan fingerprint density at radius 3 is 2.43 bits per heavy atom. The zero-order valence-electron chi connectivity index (χ0n) is 13.7. The number of hydrogen-bond donors (Lipinski definition) is 2. The van der Waals surface area contributed by atoms with Crippen LogP contribution in [0.4, 0.5) is 0 Å². The van der Waals surface area contributed by atoms with Gasteiger partial charge in [0.25, 0.3) is 0 Å². The minimum absolute atomic E-state index is 0.629. The van der Waals surface area contributed by atoms with E-state index in [0.29, 0.717) is 6.17 Å². The smallest absolute Gasteiger partial charge is 0.0764 e. The predicted molar refractivity (Wildman–Crippen MR) is 87.3 cm³/mol. The molecule has 0 aromatic heterocycles. The summed E-state index contributed by atoms with van der Waals surface area (Å²) in [5.41, 5.74) is 0. The molecular weight excluding hydrogens is 258 g/mol. The highest BCUT2D eigenvalue weighted by Gasteiger charge is 2.52. The van der Waals surface area contributed by atoms with E-state index in [9.17, 15) is 0 Å². The fraction of sp³-hybridized carbons (Fsp3) is 1.00. The molecule has 2 saturated carbocycles. The van der Waals surface area contributed by atoms with Crippen molar-refractivity contribution in [1.29, 1.82) is 0 Å². The summed E-state index contributed by atoms with van der Waals surface area (Å²) in [6, 6.07) is 3.09. The van der Waals surface area contributed by atoms with E-state index in [1.54, 1.807) is 0 Å². The van der Waals surface area contributed by atoms with Crippen molar-refractivity contribution in [3.63, 3.8) is 0 Å². The number of unbranched alkanes of at least 4 members (excludes halogenated alkanes) is 1. The van der Waals surface area contributed by atoms with Gasteiger partial charge < -0.3 is 5.32 Å². The van der Waals surface area contributed by atoms with Gasteiger partial charge in [-0.05, 0) is 44.6 Å². The molecule has 6 unspecified atom stereocenters. The summed E-state index contributed by atoms with van der Waals surface area (Å²) < 4.78 is 0. The summed E-state index contributed by atoms with van der Waals surface area (Å²) in [5.74, 6) is 0.913. The van der Waals surface area contributed by atoms with Crippen molar-refractivity contribution < 1.29 is 0 Å². The van der Waals surface area contributed by atoms with E-state index in [2.05, 4.69) is 22.5 Å². The monoisotopic (exact) mass is 291 g/mol. The van der Waals surface area contributed by atoms with E-state index in [1.807, 2.05) is 0 Å². The van der Waals surface area contributed by atoms with Crippen LogP contribution in [-0.2, 0) is 0 Å². The number of rotatable bonds is 3. The topological polar surface area (TPSA) is 27.3 Å². The average Bonchev–Trinajstić information content (AvgIpc) is 2.84. The van der Waals surface area contributed by atoms with Crippen molar-refractivity contribution in [1.82, 2.24) is 15.5 Å². The number of likely N-dealkylation sites (tertiary alicyclic amines) is 1. The normalized spacial score (nSPS) is 46.7. The second-order valence-corrected chi connectivity index (χ2v) is 7.91. The molecular formula is C18H33N3. The first-order chi connectivity index (χ1) is 10.4. The zero-order chi connectivity index (χ0) is 14.2. The fourth-order valence-electron chi connectivity index (χ4n) is 5.67. The molecule has 0 radical (unpaired) electrons. The van der Waals surface area contributed by atoms with Gasteiger partial charge in [0, 0.05) is 24.2 Å². The van der Waals surface area contributed by atoms with Crippen LogP contribution in [0.25, 0.3) is 0 Å². The molecule has 120 valence electrons. The zero-order valence-corrected chi connectivity index (χ0v) is 13.7. The van der Waals surface area contributed by atoms with E-state index in [-0.39, 0.29) is 0 Å². The van der Waals surface area contributed by atoms with Crippen LogP contribution < -0.4 is 10.6 Å². The van der Waals surface area contributed by atoms with Gasteiger partial charge in [0.1, 0.15) is 0 Å². The lowest BCUT2D eigenvalue weighted by Gasteiger charge is -2.46. The standard InChI is InChI=1S/C18H33N3/c1-2-3-12-21-16-11-7-4-8-13(16)17-18(21)20-15-10-6-5-9-14(15)19-17/h13-20H,2-12H2,1H3. The predicted octanol–water partition coefficient (Wildman–Crippen LogP) is 2.86. The molecule has 2 aliphatic heterocycles. The van der Waals surface area contributed by atoms with E-state index in [1.165, 1.54) is 70.8 Å². The molecule has 2 N–H and O–H groups in total. The second kappa shape index (κ2) is 6.17. The summed E-state index contributed by atoms with van der Waals surface area (Å²) >= 11 is 0. The first kappa shape index (κ1) is 14.5. The maximum absolute atomic E-state index is 4.12. The van der Waals surface area contributed by atoms with Crippen molar-refractivity contribution in [2.24, 2.45) is 5.92 Å². The third-order valence-corrected chi connectivity index (χ3v) is 6.69. The van der Waals surface area contributed by atoms with Crippen molar-refractivity contribution in [2.45, 2.75) is 101 Å².